The number of fused-ring (bicyclic) bond motifs is 1. The second kappa shape index (κ2) is 11.9. The Balaban J connectivity index is 1.60. The first kappa shape index (κ1) is 28.9. The van der Waals surface area contributed by atoms with Crippen molar-refractivity contribution in [3.8, 4) is 6.07 Å². The van der Waals surface area contributed by atoms with Crippen LogP contribution < -0.4 is 15.5 Å². The van der Waals surface area contributed by atoms with Crippen molar-refractivity contribution in [2.45, 2.75) is 38.4 Å². The first-order valence-electron chi connectivity index (χ1n) is 12.7. The first-order chi connectivity index (χ1) is 19.1. The highest BCUT2D eigenvalue weighted by atomic mass is 32.1. The quantitative estimate of drug-likeness (QED) is 0.333. The van der Waals surface area contributed by atoms with Gasteiger partial charge in [0, 0.05) is 53.4 Å². The summed E-state index contributed by atoms with van der Waals surface area (Å²) < 4.78 is 31.7. The number of piperazine rings is 1. The predicted octanol–water partition coefficient (Wildman–Crippen LogP) is 2.90. The van der Waals surface area contributed by atoms with Gasteiger partial charge >= 0.3 is 0 Å². The fourth-order valence-electron chi connectivity index (χ4n) is 5.17. The van der Waals surface area contributed by atoms with Gasteiger partial charge in [-0.05, 0) is 45.0 Å². The number of benzene rings is 1. The number of aryl methyl sites for hydroxylation is 1. The number of anilines is 1. The Labute approximate surface area is 234 Å². The third-order valence-electron chi connectivity index (χ3n) is 7.33. The number of nitrogens with two attached hydrogens (primary N) is 1. The number of thiophene rings is 1. The molecule has 4 rings (SSSR count). The van der Waals surface area contributed by atoms with Crippen molar-refractivity contribution < 1.29 is 18.4 Å². The van der Waals surface area contributed by atoms with E-state index < -0.39 is 11.6 Å². The number of carbonyl (C=O) groups excluding carboxylic acids is 2. The Morgan fingerprint density at radius 2 is 2.15 bits per heavy atom. The summed E-state index contributed by atoms with van der Waals surface area (Å²) >= 11 is 0.927. The smallest absolute Gasteiger partial charge is 0.246 e. The van der Waals surface area contributed by atoms with Crippen molar-refractivity contribution in [2.75, 3.05) is 25.9 Å². The minimum absolute atomic E-state index is 0.0426. The number of allylic oxidation sites excluding steroid dienone is 2. The highest BCUT2D eigenvalue weighted by Gasteiger charge is 2.31. The molecule has 11 heteroatoms. The lowest BCUT2D eigenvalue weighted by molar-refractivity contribution is -0.131. The van der Waals surface area contributed by atoms with Crippen molar-refractivity contribution in [1.29, 1.82) is 5.26 Å². The second-order valence-corrected chi connectivity index (χ2v) is 10.9. The molecule has 1 aromatic carbocycles. The molecule has 40 heavy (non-hydrogen) atoms. The van der Waals surface area contributed by atoms with Gasteiger partial charge in [0.15, 0.2) is 6.29 Å². The van der Waals surface area contributed by atoms with Crippen LogP contribution in [0.25, 0.3) is 23.3 Å². The van der Waals surface area contributed by atoms with E-state index in [0.717, 1.165) is 11.3 Å². The molecular formula is C29H30F2N6O2S. The SMILES string of the molecule is C=CC(=O)N1CC(CCn2ncc3c(C/C=C\C(F)=c4\sc(N)c(C#N)c4=C)c(F)cc(C=O)c32)N(C)C[C@H]1C. The van der Waals surface area contributed by atoms with Gasteiger partial charge in [-0.15, -0.1) is 11.3 Å². The Hall–Kier alpha value is -4.14. The summed E-state index contributed by atoms with van der Waals surface area (Å²) in [4.78, 5) is 28.1. The molecule has 0 spiro atoms. The maximum atomic E-state index is 15.1. The minimum atomic E-state index is -0.630. The summed E-state index contributed by atoms with van der Waals surface area (Å²) in [5, 5.41) is 14.5. The molecule has 2 atom stereocenters. The lowest BCUT2D eigenvalue weighted by Gasteiger charge is -2.43. The number of hydrogen-bond donors (Lipinski definition) is 1. The van der Waals surface area contributed by atoms with Gasteiger partial charge in [0.2, 0.25) is 5.91 Å². The Morgan fingerprint density at radius 1 is 1.40 bits per heavy atom. The number of likely N-dealkylation sites (N-methyl/N-ethyl adjacent to an activating group) is 1. The molecule has 1 aliphatic rings. The van der Waals surface area contributed by atoms with E-state index in [1.54, 1.807) is 9.58 Å². The van der Waals surface area contributed by atoms with Crippen molar-refractivity contribution >= 4 is 51.8 Å². The van der Waals surface area contributed by atoms with Crippen molar-refractivity contribution in [2.24, 2.45) is 0 Å². The molecule has 0 bridgehead atoms. The molecule has 2 aromatic heterocycles. The predicted molar refractivity (Wildman–Crippen MR) is 153 cm³/mol. The summed E-state index contributed by atoms with van der Waals surface area (Å²) in [7, 11) is 2.01. The van der Waals surface area contributed by atoms with Gasteiger partial charge in [0.05, 0.1) is 21.8 Å². The highest BCUT2D eigenvalue weighted by molar-refractivity contribution is 7.14. The number of hydrogen-bond acceptors (Lipinski definition) is 7. The average Bonchev–Trinajstić information content (AvgIpc) is 3.48. The number of nitriles is 1. The normalized spacial score (nSPS) is 18.7. The molecule has 1 fully saturated rings. The number of halogens is 2. The van der Waals surface area contributed by atoms with Gasteiger partial charge in [-0.1, -0.05) is 19.2 Å². The monoisotopic (exact) mass is 564 g/mol. The van der Waals surface area contributed by atoms with E-state index in [1.165, 1.54) is 30.5 Å². The molecule has 8 nitrogen and oxygen atoms in total. The van der Waals surface area contributed by atoms with Gasteiger partial charge in [-0.3, -0.25) is 19.2 Å². The second-order valence-electron chi connectivity index (χ2n) is 9.82. The number of nitrogens with zero attached hydrogens (tertiary/aromatic N) is 5. The van der Waals surface area contributed by atoms with Crippen LogP contribution in [0, 0.1) is 17.1 Å². The number of amides is 1. The maximum absolute atomic E-state index is 15.1. The van der Waals surface area contributed by atoms with E-state index in [-0.39, 0.29) is 55.9 Å². The maximum Gasteiger partial charge on any atom is 0.246 e. The molecule has 1 unspecified atom stereocenters. The molecule has 1 aliphatic heterocycles. The lowest BCUT2D eigenvalue weighted by atomic mass is 10.0. The van der Waals surface area contributed by atoms with Crippen LogP contribution in [0.3, 0.4) is 0 Å². The molecule has 3 heterocycles. The number of aldehydes is 1. The van der Waals surface area contributed by atoms with Gasteiger partial charge in [0.1, 0.15) is 22.7 Å². The molecule has 1 amide bonds. The van der Waals surface area contributed by atoms with Crippen LogP contribution in [0.15, 0.2) is 37.1 Å². The van der Waals surface area contributed by atoms with E-state index in [1.807, 2.05) is 20.0 Å². The van der Waals surface area contributed by atoms with E-state index in [0.29, 0.717) is 43.2 Å². The molecule has 0 radical (unpaired) electrons. The molecule has 3 aromatic rings. The molecule has 0 aliphatic carbocycles. The zero-order chi connectivity index (χ0) is 29.1. The van der Waals surface area contributed by atoms with Crippen LogP contribution in [0.1, 0.15) is 34.8 Å². The number of aromatic nitrogens is 2. The molecule has 208 valence electrons. The van der Waals surface area contributed by atoms with Crippen LogP contribution in [-0.4, -0.2) is 64.0 Å². The Bertz CT molecular complexity index is 1670. The summed E-state index contributed by atoms with van der Waals surface area (Å²) in [5.74, 6) is -1.33. The molecule has 2 N–H and O–H groups in total. The lowest BCUT2D eigenvalue weighted by Crippen LogP contribution is -2.57. The van der Waals surface area contributed by atoms with Crippen LogP contribution in [0.5, 0.6) is 0 Å². The summed E-state index contributed by atoms with van der Waals surface area (Å²) in [5.41, 5.74) is 6.86. The largest absolute Gasteiger partial charge is 0.389 e. The Kier molecular flexibility index (Phi) is 8.61. The molecular weight excluding hydrogens is 534 g/mol. The van der Waals surface area contributed by atoms with E-state index in [9.17, 15) is 14.0 Å². The molecule has 0 saturated carbocycles. The van der Waals surface area contributed by atoms with Crippen molar-refractivity contribution in [3.63, 3.8) is 0 Å². The Morgan fingerprint density at radius 3 is 2.80 bits per heavy atom. The van der Waals surface area contributed by atoms with E-state index >= 15 is 4.39 Å². The fourth-order valence-corrected chi connectivity index (χ4v) is 6.05. The van der Waals surface area contributed by atoms with Gasteiger partial charge in [0.25, 0.3) is 0 Å². The minimum Gasteiger partial charge on any atom is -0.389 e. The van der Waals surface area contributed by atoms with E-state index in [4.69, 9.17) is 11.0 Å². The third kappa shape index (κ3) is 5.46. The topological polar surface area (TPSA) is 108 Å². The van der Waals surface area contributed by atoms with Crippen LogP contribution in [0.2, 0.25) is 0 Å². The summed E-state index contributed by atoms with van der Waals surface area (Å²) in [6, 6.07) is 3.21. The summed E-state index contributed by atoms with van der Waals surface area (Å²) in [6.07, 6.45) is 6.79. The average molecular weight is 565 g/mol. The standard InChI is InChI=1S/C29H30F2N6O2S/c1-5-26(39)36-15-20(35(4)14-17(36)2)9-10-37-27-19(16-38)11-25(31)21(23(27)13-34-37)7-6-8-24(30)28-18(3)22(12-32)29(33)40-28/h5-6,8,11,13,16-17,20H,1,3,7,9-10,14-15,33H2,2,4H3/b8-6-,28-24-/t17-,20?/m1/s1. The van der Waals surface area contributed by atoms with Gasteiger partial charge in [-0.25, -0.2) is 8.78 Å². The fraction of sp³-hybridized carbons (Fsp3) is 0.310. The van der Waals surface area contributed by atoms with Crippen LogP contribution in [-0.2, 0) is 17.8 Å². The van der Waals surface area contributed by atoms with Crippen LogP contribution in [0.4, 0.5) is 13.8 Å². The first-order valence-corrected chi connectivity index (χ1v) is 13.5. The van der Waals surface area contributed by atoms with Crippen LogP contribution >= 0.6 is 11.3 Å². The van der Waals surface area contributed by atoms with Gasteiger partial charge in [-0.2, -0.15) is 10.4 Å². The molecule has 1 saturated heterocycles. The number of nitrogen functional groups attached to an aromatic ring is 1. The number of rotatable bonds is 8. The third-order valence-corrected chi connectivity index (χ3v) is 8.40. The van der Waals surface area contributed by atoms with Crippen molar-refractivity contribution in [1.82, 2.24) is 19.6 Å². The van der Waals surface area contributed by atoms with E-state index in [2.05, 4.69) is 23.2 Å². The van der Waals surface area contributed by atoms with Crippen molar-refractivity contribution in [3.05, 3.63) is 69.3 Å². The zero-order valence-corrected chi connectivity index (χ0v) is 23.2. The van der Waals surface area contributed by atoms with Gasteiger partial charge < -0.3 is 10.6 Å². The summed E-state index contributed by atoms with van der Waals surface area (Å²) in [6.45, 7) is 11.0. The zero-order valence-electron chi connectivity index (χ0n) is 22.4. The number of carbonyl (C=O) groups is 2. The highest BCUT2D eigenvalue weighted by Crippen LogP contribution is 2.27.